The molecule has 1 N–H and O–H groups in total. The van der Waals surface area contributed by atoms with Crippen LogP contribution < -0.4 is 4.72 Å². The highest BCUT2D eigenvalue weighted by Crippen LogP contribution is 2.26. The molecule has 0 aromatic heterocycles. The summed E-state index contributed by atoms with van der Waals surface area (Å²) in [6, 6.07) is 2.31. The molecule has 0 amide bonds. The molecule has 6 heteroatoms. The summed E-state index contributed by atoms with van der Waals surface area (Å²) < 4.78 is 53.1. The fourth-order valence-corrected chi connectivity index (χ4v) is 3.89. The fraction of sp³-hybridized carbons (Fsp3) is 0.538. The molecule has 0 spiro atoms. The van der Waals surface area contributed by atoms with E-state index in [2.05, 4.69) is 4.72 Å². The molecule has 1 fully saturated rings. The molecule has 3 nitrogen and oxygen atoms in total. The first-order valence-electron chi connectivity index (χ1n) is 6.37. The van der Waals surface area contributed by atoms with Crippen LogP contribution in [0.3, 0.4) is 0 Å². The number of hydrogen-bond donors (Lipinski definition) is 1. The van der Waals surface area contributed by atoms with Crippen LogP contribution in [0.25, 0.3) is 0 Å². The summed E-state index contributed by atoms with van der Waals surface area (Å²) in [5.41, 5.74) is 0. The Hall–Kier alpha value is -1.01. The zero-order valence-corrected chi connectivity index (χ0v) is 11.5. The summed E-state index contributed by atoms with van der Waals surface area (Å²) in [4.78, 5) is -0.494. The van der Waals surface area contributed by atoms with Crippen molar-refractivity contribution >= 4 is 10.0 Å². The summed E-state index contributed by atoms with van der Waals surface area (Å²) in [6.07, 6.45) is 3.76. The van der Waals surface area contributed by atoms with Crippen molar-refractivity contribution in [2.75, 3.05) is 0 Å². The average Bonchev–Trinajstić information content (AvgIpc) is 2.31. The van der Waals surface area contributed by atoms with E-state index >= 15 is 0 Å². The van der Waals surface area contributed by atoms with Crippen LogP contribution in [0.15, 0.2) is 23.1 Å². The Morgan fingerprint density at radius 2 is 1.89 bits per heavy atom. The maximum absolute atomic E-state index is 13.5. The molecule has 0 heterocycles. The summed E-state index contributed by atoms with van der Waals surface area (Å²) in [7, 11) is -3.93. The zero-order chi connectivity index (χ0) is 14.0. The summed E-state index contributed by atoms with van der Waals surface area (Å²) in [5, 5.41) is 0. The van der Waals surface area contributed by atoms with Gasteiger partial charge in [0, 0.05) is 12.1 Å². The lowest BCUT2D eigenvalue weighted by molar-refractivity contribution is 0.310. The summed E-state index contributed by atoms with van der Waals surface area (Å²) in [5.74, 6) is -1.62. The highest BCUT2D eigenvalue weighted by molar-refractivity contribution is 7.89. The fourth-order valence-electron chi connectivity index (χ4n) is 2.45. The van der Waals surface area contributed by atoms with E-state index in [1.165, 1.54) is 0 Å². The SMILES string of the molecule is C[C@@H]1CCCC[C@@H]1NS(=O)(=O)c1ccc(F)cc1F. The van der Waals surface area contributed by atoms with Crippen molar-refractivity contribution in [2.45, 2.75) is 43.5 Å². The van der Waals surface area contributed by atoms with Gasteiger partial charge in [0.05, 0.1) is 0 Å². The normalized spacial score (nSPS) is 24.4. The predicted octanol–water partition coefficient (Wildman–Crippen LogP) is 2.82. The van der Waals surface area contributed by atoms with Gasteiger partial charge in [0.1, 0.15) is 16.5 Å². The largest absolute Gasteiger partial charge is 0.243 e. The van der Waals surface area contributed by atoms with Gasteiger partial charge in [0.2, 0.25) is 10.0 Å². The van der Waals surface area contributed by atoms with Crippen LogP contribution in [-0.2, 0) is 10.0 Å². The van der Waals surface area contributed by atoms with Gasteiger partial charge < -0.3 is 0 Å². The molecule has 1 aromatic carbocycles. The lowest BCUT2D eigenvalue weighted by Gasteiger charge is -2.29. The van der Waals surface area contributed by atoms with Gasteiger partial charge in [-0.3, -0.25) is 0 Å². The van der Waals surface area contributed by atoms with Gasteiger partial charge in [-0.05, 0) is 30.9 Å². The maximum Gasteiger partial charge on any atom is 0.243 e. The molecule has 0 unspecified atom stereocenters. The van der Waals surface area contributed by atoms with E-state index in [4.69, 9.17) is 0 Å². The minimum Gasteiger partial charge on any atom is -0.208 e. The average molecular weight is 289 g/mol. The first kappa shape index (κ1) is 14.4. The molecule has 1 aliphatic rings. The van der Waals surface area contributed by atoms with Crippen LogP contribution in [0, 0.1) is 17.6 Å². The molecule has 0 saturated heterocycles. The van der Waals surface area contributed by atoms with Gasteiger partial charge >= 0.3 is 0 Å². The van der Waals surface area contributed by atoms with Crippen molar-refractivity contribution in [3.05, 3.63) is 29.8 Å². The third-order valence-electron chi connectivity index (χ3n) is 3.60. The minimum absolute atomic E-state index is 0.178. The number of hydrogen-bond acceptors (Lipinski definition) is 2. The van der Waals surface area contributed by atoms with Crippen molar-refractivity contribution in [1.29, 1.82) is 0 Å². The standard InChI is InChI=1S/C13H17F2NO2S/c1-9-4-2-3-5-12(9)16-19(17,18)13-7-6-10(14)8-11(13)15/h6-9,12,16H,2-5H2,1H3/t9-,12+/m1/s1. The van der Waals surface area contributed by atoms with Crippen LogP contribution in [0.2, 0.25) is 0 Å². The number of benzene rings is 1. The molecule has 1 saturated carbocycles. The van der Waals surface area contributed by atoms with Crippen LogP contribution in [0.5, 0.6) is 0 Å². The second kappa shape index (κ2) is 5.54. The highest BCUT2D eigenvalue weighted by atomic mass is 32.2. The number of halogens is 2. The Morgan fingerprint density at radius 3 is 2.53 bits per heavy atom. The van der Waals surface area contributed by atoms with E-state index in [1.807, 2.05) is 6.92 Å². The molecule has 106 valence electrons. The van der Waals surface area contributed by atoms with E-state index in [1.54, 1.807) is 0 Å². The second-order valence-corrected chi connectivity index (χ2v) is 6.75. The molecular weight excluding hydrogens is 272 g/mol. The summed E-state index contributed by atoms with van der Waals surface area (Å²) >= 11 is 0. The number of sulfonamides is 1. The van der Waals surface area contributed by atoms with Crippen LogP contribution >= 0.6 is 0 Å². The Bertz CT molecular complexity index is 560. The molecule has 0 aliphatic heterocycles. The van der Waals surface area contributed by atoms with E-state index < -0.39 is 26.6 Å². The summed E-state index contributed by atoms with van der Waals surface area (Å²) in [6.45, 7) is 1.98. The quantitative estimate of drug-likeness (QED) is 0.930. The van der Waals surface area contributed by atoms with Gasteiger partial charge in [-0.15, -0.1) is 0 Å². The number of rotatable bonds is 3. The zero-order valence-electron chi connectivity index (χ0n) is 10.7. The molecule has 0 radical (unpaired) electrons. The van der Waals surface area contributed by atoms with Gasteiger partial charge in [-0.1, -0.05) is 19.8 Å². The highest BCUT2D eigenvalue weighted by Gasteiger charge is 2.28. The smallest absolute Gasteiger partial charge is 0.208 e. The molecule has 1 aliphatic carbocycles. The monoisotopic (exact) mass is 289 g/mol. The van der Waals surface area contributed by atoms with Crippen LogP contribution in [0.4, 0.5) is 8.78 Å². The molecule has 19 heavy (non-hydrogen) atoms. The minimum atomic E-state index is -3.93. The Kier molecular flexibility index (Phi) is 4.20. The van der Waals surface area contributed by atoms with Crippen molar-refractivity contribution in [1.82, 2.24) is 4.72 Å². The van der Waals surface area contributed by atoms with E-state index in [0.29, 0.717) is 6.07 Å². The van der Waals surface area contributed by atoms with E-state index in [0.717, 1.165) is 37.8 Å². The van der Waals surface area contributed by atoms with Crippen molar-refractivity contribution in [3.8, 4) is 0 Å². The third kappa shape index (κ3) is 3.30. The van der Waals surface area contributed by atoms with Gasteiger partial charge in [-0.25, -0.2) is 21.9 Å². The predicted molar refractivity (Wildman–Crippen MR) is 68.1 cm³/mol. The first-order chi connectivity index (χ1) is 8.90. The van der Waals surface area contributed by atoms with Gasteiger partial charge in [0.15, 0.2) is 0 Å². The van der Waals surface area contributed by atoms with Crippen LogP contribution in [0.1, 0.15) is 32.6 Å². The van der Waals surface area contributed by atoms with E-state index in [-0.39, 0.29) is 12.0 Å². The molecule has 0 bridgehead atoms. The Balaban J connectivity index is 2.22. The maximum atomic E-state index is 13.5. The van der Waals surface area contributed by atoms with Gasteiger partial charge in [-0.2, -0.15) is 0 Å². The molecule has 1 aromatic rings. The molecule has 2 rings (SSSR count). The van der Waals surface area contributed by atoms with Crippen molar-refractivity contribution in [2.24, 2.45) is 5.92 Å². The molecular formula is C13H17F2NO2S. The first-order valence-corrected chi connectivity index (χ1v) is 7.86. The van der Waals surface area contributed by atoms with Crippen LogP contribution in [-0.4, -0.2) is 14.5 Å². The third-order valence-corrected chi connectivity index (χ3v) is 5.12. The topological polar surface area (TPSA) is 46.2 Å². The molecule has 2 atom stereocenters. The second-order valence-electron chi connectivity index (χ2n) is 5.06. The number of nitrogens with one attached hydrogen (secondary N) is 1. The van der Waals surface area contributed by atoms with Crippen molar-refractivity contribution in [3.63, 3.8) is 0 Å². The lowest BCUT2D eigenvalue weighted by atomic mass is 9.87. The lowest BCUT2D eigenvalue weighted by Crippen LogP contribution is -2.41. The van der Waals surface area contributed by atoms with Gasteiger partial charge in [0.25, 0.3) is 0 Å². The van der Waals surface area contributed by atoms with Crippen molar-refractivity contribution < 1.29 is 17.2 Å². The van der Waals surface area contributed by atoms with E-state index in [9.17, 15) is 17.2 Å². The Labute approximate surface area is 112 Å². The Morgan fingerprint density at radius 1 is 1.21 bits per heavy atom.